The van der Waals surface area contributed by atoms with E-state index >= 15 is 0 Å². The molecule has 27 heavy (non-hydrogen) atoms. The number of hydrogen-bond donors (Lipinski definition) is 0. The molecule has 1 saturated carbocycles. The number of halogens is 16. The number of alkyl halides is 15. The Labute approximate surface area is 136 Å². The lowest BCUT2D eigenvalue weighted by atomic mass is 9.70. The lowest BCUT2D eigenvalue weighted by Gasteiger charge is -2.55. The van der Waals surface area contributed by atoms with Gasteiger partial charge in [0.1, 0.15) is 0 Å². The van der Waals surface area contributed by atoms with Crippen molar-refractivity contribution < 1.29 is 78.2 Å². The lowest BCUT2D eigenvalue weighted by molar-refractivity contribution is -0.489. The molecule has 1 aliphatic carbocycles. The van der Waals surface area contributed by atoms with Crippen LogP contribution in [0, 0.1) is 0 Å². The molecule has 1 fully saturated rings. The fraction of sp³-hybridized carbons (Fsp3) is 1.00. The summed E-state index contributed by atoms with van der Waals surface area (Å²) < 4.78 is 229. The Kier molecular flexibility index (Phi) is 4.47. The van der Waals surface area contributed by atoms with Gasteiger partial charge in [0, 0.05) is 0 Å². The van der Waals surface area contributed by atoms with Gasteiger partial charge in [-0.3, -0.25) is 0 Å². The van der Waals surface area contributed by atoms with E-state index in [0.717, 1.165) is 0 Å². The van der Waals surface area contributed by atoms with Gasteiger partial charge in [0.25, 0.3) is 0 Å². The molecule has 0 bridgehead atoms. The molecule has 1 aliphatic rings. The fourth-order valence-corrected chi connectivity index (χ4v) is 3.17. The Morgan fingerprint density at radius 1 is 0.556 bits per heavy atom. The number of hydrogen-bond acceptors (Lipinski definition) is 2. The topological polar surface area (TPSA) is 34.1 Å². The molecule has 0 spiro atoms. The van der Waals surface area contributed by atoms with Crippen molar-refractivity contribution >= 4 is 10.2 Å². The largest absolute Gasteiger partial charge is 0.457 e. The van der Waals surface area contributed by atoms with Gasteiger partial charge < -0.3 is 0 Å². The van der Waals surface area contributed by atoms with Crippen LogP contribution in [-0.4, -0.2) is 54.9 Å². The van der Waals surface area contributed by atoms with Crippen LogP contribution in [0.3, 0.4) is 0 Å². The van der Waals surface area contributed by atoms with Crippen LogP contribution < -0.4 is 0 Å². The summed E-state index contributed by atoms with van der Waals surface area (Å²) in [7, 11) is -8.94. The maximum absolute atomic E-state index is 14.0. The quantitative estimate of drug-likeness (QED) is 0.449. The van der Waals surface area contributed by atoms with Crippen LogP contribution in [-0.2, 0) is 10.2 Å². The highest BCUT2D eigenvalue weighted by atomic mass is 32.3. The summed E-state index contributed by atoms with van der Waals surface area (Å²) >= 11 is 0. The van der Waals surface area contributed by atoms with Crippen LogP contribution in [0.15, 0.2) is 0 Å². The smallest absolute Gasteiger partial charge is 0.224 e. The van der Waals surface area contributed by atoms with Crippen molar-refractivity contribution in [1.29, 1.82) is 0 Å². The summed E-state index contributed by atoms with van der Waals surface area (Å²) in [6, 6.07) is 0. The van der Waals surface area contributed by atoms with Crippen molar-refractivity contribution in [2.75, 3.05) is 0 Å². The first-order chi connectivity index (χ1) is 11.2. The van der Waals surface area contributed by atoms with Crippen LogP contribution in [0.25, 0.3) is 0 Å². The summed E-state index contributed by atoms with van der Waals surface area (Å²) in [5, 5.41) is -8.51. The van der Waals surface area contributed by atoms with E-state index in [1.165, 1.54) is 0 Å². The first kappa shape index (κ1) is 23.9. The predicted octanol–water partition coefficient (Wildman–Crippen LogP) is 4.41. The highest BCUT2D eigenvalue weighted by Gasteiger charge is 3.09. The van der Waals surface area contributed by atoms with E-state index in [1.54, 1.807) is 0 Å². The molecule has 1 rings (SSSR count). The molecule has 2 nitrogen and oxygen atoms in total. The minimum atomic E-state index is -8.94. The Morgan fingerprint density at radius 2 is 0.852 bits per heavy atom. The maximum Gasteiger partial charge on any atom is 0.457 e. The molecular weight excluding hydrogens is 464 g/mol. The molecule has 2 unspecified atom stereocenters. The van der Waals surface area contributed by atoms with Crippen LogP contribution >= 0.6 is 0 Å². The average Bonchev–Trinajstić information content (AvgIpc) is 2.40. The predicted molar refractivity (Wildman–Crippen MR) is 48.5 cm³/mol. The second kappa shape index (κ2) is 5.05. The van der Waals surface area contributed by atoms with Crippen molar-refractivity contribution in [3.8, 4) is 0 Å². The molecule has 0 heterocycles. The fourth-order valence-electron chi connectivity index (χ4n) is 2.15. The average molecular weight is 464 g/mol. The SMILES string of the molecule is O=S(=O)(F)C1(F)C(F)(F)C(F)(F)C(F)(F)C(F)(F)C1(F)C(F)(F)C(F)(F)F. The Hall–Kier alpha value is -1.17. The molecular formula is C8F16O2S. The molecule has 0 saturated heterocycles. The molecule has 2 atom stereocenters. The maximum atomic E-state index is 14.0. The molecule has 19 heteroatoms. The molecule has 0 aromatic carbocycles. The summed E-state index contributed by atoms with van der Waals surface area (Å²) in [5.74, 6) is -41.9. The number of rotatable bonds is 2. The van der Waals surface area contributed by atoms with Crippen molar-refractivity contribution in [2.24, 2.45) is 0 Å². The van der Waals surface area contributed by atoms with Crippen LogP contribution in [0.4, 0.5) is 69.7 Å². The van der Waals surface area contributed by atoms with Crippen LogP contribution in [0.1, 0.15) is 0 Å². The molecule has 0 aliphatic heterocycles. The third-order valence-electron chi connectivity index (χ3n) is 3.59. The summed E-state index contributed by atoms with van der Waals surface area (Å²) in [4.78, 5) is 0. The minimum absolute atomic E-state index is 8.06. The van der Waals surface area contributed by atoms with Gasteiger partial charge in [0.05, 0.1) is 0 Å². The standard InChI is InChI=1S/C8F16O2S/c9-1(3(12,13)8(21,22)23)2(10,11)4(14,15)5(16,17)6(18,19)7(1,20)27(24,25)26. The van der Waals surface area contributed by atoms with E-state index in [0.29, 0.717) is 0 Å². The second-order valence-corrected chi connectivity index (χ2v) is 6.50. The van der Waals surface area contributed by atoms with Gasteiger partial charge in [-0.05, 0) is 0 Å². The third kappa shape index (κ3) is 2.03. The summed E-state index contributed by atoms with van der Waals surface area (Å²) in [5.41, 5.74) is -8.78. The lowest BCUT2D eigenvalue weighted by Crippen LogP contribution is -2.90. The first-order valence-electron chi connectivity index (χ1n) is 5.53. The van der Waals surface area contributed by atoms with E-state index in [2.05, 4.69) is 0 Å². The monoisotopic (exact) mass is 464 g/mol. The summed E-state index contributed by atoms with van der Waals surface area (Å²) in [6.07, 6.45) is -8.06. The van der Waals surface area contributed by atoms with E-state index < -0.39 is 56.7 Å². The van der Waals surface area contributed by atoms with Crippen LogP contribution in [0.2, 0.25) is 0 Å². The highest BCUT2D eigenvalue weighted by molar-refractivity contribution is 7.87. The third-order valence-corrected chi connectivity index (χ3v) is 4.80. The Bertz CT molecular complexity index is 736. The van der Waals surface area contributed by atoms with Crippen molar-refractivity contribution in [1.82, 2.24) is 0 Å². The Balaban J connectivity index is 4.39. The van der Waals surface area contributed by atoms with Gasteiger partial charge in [-0.1, -0.05) is 0 Å². The van der Waals surface area contributed by atoms with Gasteiger partial charge in [-0.15, -0.1) is 3.89 Å². The van der Waals surface area contributed by atoms with E-state index in [9.17, 15) is 78.2 Å². The van der Waals surface area contributed by atoms with Gasteiger partial charge in [0.15, 0.2) is 0 Å². The van der Waals surface area contributed by atoms with E-state index in [-0.39, 0.29) is 0 Å². The van der Waals surface area contributed by atoms with Gasteiger partial charge in [0.2, 0.25) is 0 Å². The molecule has 0 amide bonds. The zero-order valence-electron chi connectivity index (χ0n) is 11.3. The normalized spacial score (nSPS) is 35.7. The highest BCUT2D eigenvalue weighted by Crippen LogP contribution is 2.74. The van der Waals surface area contributed by atoms with Crippen molar-refractivity contribution in [3.63, 3.8) is 0 Å². The second-order valence-electron chi connectivity index (χ2n) is 5.06. The Morgan fingerprint density at radius 3 is 1.11 bits per heavy atom. The van der Waals surface area contributed by atoms with Gasteiger partial charge in [-0.25, -0.2) is 8.78 Å². The first-order valence-corrected chi connectivity index (χ1v) is 6.91. The molecule has 0 N–H and O–H groups in total. The van der Waals surface area contributed by atoms with Crippen molar-refractivity contribution in [2.45, 2.75) is 46.5 Å². The molecule has 0 aromatic rings. The van der Waals surface area contributed by atoms with Gasteiger partial charge in [-0.2, -0.15) is 65.5 Å². The van der Waals surface area contributed by atoms with E-state index in [4.69, 9.17) is 0 Å². The molecule has 162 valence electrons. The van der Waals surface area contributed by atoms with Crippen molar-refractivity contribution in [3.05, 3.63) is 0 Å². The zero-order valence-corrected chi connectivity index (χ0v) is 12.1. The summed E-state index contributed by atoms with van der Waals surface area (Å²) in [6.45, 7) is 0. The zero-order chi connectivity index (χ0) is 22.5. The van der Waals surface area contributed by atoms with Crippen LogP contribution in [0.5, 0.6) is 0 Å². The molecule has 0 aromatic heterocycles. The van der Waals surface area contributed by atoms with E-state index in [1.807, 2.05) is 0 Å². The minimum Gasteiger partial charge on any atom is -0.224 e. The molecule has 0 radical (unpaired) electrons. The van der Waals surface area contributed by atoms with Gasteiger partial charge >= 0.3 is 56.7 Å².